The van der Waals surface area contributed by atoms with E-state index in [-0.39, 0.29) is 0 Å². The molecule has 0 radical (unpaired) electrons. The van der Waals surface area contributed by atoms with Crippen LogP contribution in [0.4, 0.5) is 5.69 Å². The van der Waals surface area contributed by atoms with Crippen molar-refractivity contribution in [2.75, 3.05) is 18.0 Å². The molecule has 1 aromatic rings. The highest BCUT2D eigenvalue weighted by molar-refractivity contribution is 9.10. The highest BCUT2D eigenvalue weighted by Gasteiger charge is 2.06. The Morgan fingerprint density at radius 2 is 1.92 bits per heavy atom. The monoisotopic (exact) mass is 261 g/mol. The van der Waals surface area contributed by atoms with Gasteiger partial charge in [-0.25, -0.2) is 0 Å². The van der Waals surface area contributed by atoms with Crippen LogP contribution in [0.15, 0.2) is 22.7 Å². The van der Waals surface area contributed by atoms with Crippen molar-refractivity contribution < 1.29 is 0 Å². The molecule has 0 heterocycles. The quantitative estimate of drug-likeness (QED) is 0.797. The lowest BCUT2D eigenvalue weighted by atomic mass is 10.3. The van der Waals surface area contributed by atoms with Crippen LogP contribution in [0.5, 0.6) is 0 Å². The zero-order chi connectivity index (χ0) is 9.84. The van der Waals surface area contributed by atoms with Crippen LogP contribution in [0.2, 0.25) is 5.02 Å². The van der Waals surface area contributed by atoms with Crippen LogP contribution < -0.4 is 4.90 Å². The molecule has 72 valence electrons. The van der Waals surface area contributed by atoms with Gasteiger partial charge < -0.3 is 4.90 Å². The molecule has 0 aliphatic carbocycles. The van der Waals surface area contributed by atoms with Gasteiger partial charge in [-0.3, -0.25) is 0 Å². The van der Waals surface area contributed by atoms with Crippen LogP contribution >= 0.6 is 27.5 Å². The normalized spacial score (nSPS) is 10.2. The third-order valence-electron chi connectivity index (χ3n) is 2.01. The second-order valence-corrected chi connectivity index (χ2v) is 4.09. The summed E-state index contributed by atoms with van der Waals surface area (Å²) in [6.07, 6.45) is 0. The van der Waals surface area contributed by atoms with E-state index < -0.39 is 0 Å². The maximum absolute atomic E-state index is 6.09. The summed E-state index contributed by atoms with van der Waals surface area (Å²) < 4.78 is 1.07. The molecule has 1 nitrogen and oxygen atoms in total. The van der Waals surface area contributed by atoms with Gasteiger partial charge in [-0.15, -0.1) is 0 Å². The van der Waals surface area contributed by atoms with Crippen molar-refractivity contribution in [2.24, 2.45) is 0 Å². The lowest BCUT2D eigenvalue weighted by Crippen LogP contribution is -2.22. The van der Waals surface area contributed by atoms with E-state index in [1.807, 2.05) is 12.1 Å². The Morgan fingerprint density at radius 1 is 1.31 bits per heavy atom. The Kier molecular flexibility index (Phi) is 4.07. The first-order chi connectivity index (χ1) is 6.19. The Balaban J connectivity index is 3.03. The van der Waals surface area contributed by atoms with E-state index >= 15 is 0 Å². The molecular formula is C10H13BrClN. The van der Waals surface area contributed by atoms with Gasteiger partial charge in [0.2, 0.25) is 0 Å². The molecule has 0 bridgehead atoms. The number of hydrogen-bond donors (Lipinski definition) is 0. The Hall–Kier alpha value is -0.210. The van der Waals surface area contributed by atoms with Gasteiger partial charge in [0.05, 0.1) is 10.7 Å². The predicted octanol–water partition coefficient (Wildman–Crippen LogP) is 3.95. The van der Waals surface area contributed by atoms with Gasteiger partial charge in [0, 0.05) is 17.6 Å². The summed E-state index contributed by atoms with van der Waals surface area (Å²) in [5.74, 6) is 0. The van der Waals surface area contributed by atoms with Gasteiger partial charge in [0.15, 0.2) is 0 Å². The highest BCUT2D eigenvalue weighted by Crippen LogP contribution is 2.28. The number of anilines is 1. The highest BCUT2D eigenvalue weighted by atomic mass is 79.9. The topological polar surface area (TPSA) is 3.24 Å². The second-order valence-electron chi connectivity index (χ2n) is 2.77. The molecule has 13 heavy (non-hydrogen) atoms. The summed E-state index contributed by atoms with van der Waals surface area (Å²) in [4.78, 5) is 2.23. The first-order valence-electron chi connectivity index (χ1n) is 4.39. The van der Waals surface area contributed by atoms with Crippen LogP contribution in [0, 0.1) is 0 Å². The van der Waals surface area contributed by atoms with Crippen LogP contribution in [0.3, 0.4) is 0 Å². The minimum Gasteiger partial charge on any atom is -0.371 e. The van der Waals surface area contributed by atoms with Gasteiger partial charge in [-0.2, -0.15) is 0 Å². The predicted molar refractivity (Wildman–Crippen MR) is 62.7 cm³/mol. The van der Waals surface area contributed by atoms with Crippen LogP contribution in [-0.4, -0.2) is 13.1 Å². The second kappa shape index (κ2) is 4.87. The molecule has 3 heteroatoms. The number of benzene rings is 1. The zero-order valence-corrected chi connectivity index (χ0v) is 10.2. The lowest BCUT2D eigenvalue weighted by molar-refractivity contribution is 0.866. The number of rotatable bonds is 3. The molecule has 0 spiro atoms. The molecule has 0 unspecified atom stereocenters. The summed E-state index contributed by atoms with van der Waals surface area (Å²) in [6.45, 7) is 6.21. The van der Waals surface area contributed by atoms with E-state index in [1.165, 1.54) is 0 Å². The smallest absolute Gasteiger partial charge is 0.0640 e. The van der Waals surface area contributed by atoms with Gasteiger partial charge in [0.25, 0.3) is 0 Å². The number of hydrogen-bond acceptors (Lipinski definition) is 1. The van der Waals surface area contributed by atoms with Gasteiger partial charge >= 0.3 is 0 Å². The molecule has 0 atom stereocenters. The SMILES string of the molecule is CCN(CC)c1cc(Br)ccc1Cl. The van der Waals surface area contributed by atoms with Crippen molar-refractivity contribution >= 4 is 33.2 Å². The molecular weight excluding hydrogens is 249 g/mol. The fourth-order valence-corrected chi connectivity index (χ4v) is 1.88. The van der Waals surface area contributed by atoms with E-state index in [9.17, 15) is 0 Å². The maximum Gasteiger partial charge on any atom is 0.0640 e. The number of halogens is 2. The van der Waals surface area contributed by atoms with E-state index in [2.05, 4.69) is 40.7 Å². The van der Waals surface area contributed by atoms with Crippen molar-refractivity contribution in [3.8, 4) is 0 Å². The maximum atomic E-state index is 6.09. The minimum absolute atomic E-state index is 0.812. The molecule has 0 aromatic heterocycles. The van der Waals surface area contributed by atoms with Gasteiger partial charge in [-0.1, -0.05) is 27.5 Å². The molecule has 1 rings (SSSR count). The fraction of sp³-hybridized carbons (Fsp3) is 0.400. The Bertz CT molecular complexity index is 284. The largest absolute Gasteiger partial charge is 0.371 e. The van der Waals surface area contributed by atoms with Gasteiger partial charge in [-0.05, 0) is 32.0 Å². The van der Waals surface area contributed by atoms with Crippen LogP contribution in [0.1, 0.15) is 13.8 Å². The minimum atomic E-state index is 0.812. The molecule has 0 saturated heterocycles. The molecule has 0 aliphatic rings. The average molecular weight is 263 g/mol. The molecule has 0 saturated carbocycles. The van der Waals surface area contributed by atoms with Gasteiger partial charge in [0.1, 0.15) is 0 Å². The molecule has 0 fully saturated rings. The Labute approximate surface area is 92.8 Å². The van der Waals surface area contributed by atoms with Crippen molar-refractivity contribution in [3.05, 3.63) is 27.7 Å². The van der Waals surface area contributed by atoms with Crippen molar-refractivity contribution in [3.63, 3.8) is 0 Å². The van der Waals surface area contributed by atoms with Crippen molar-refractivity contribution in [2.45, 2.75) is 13.8 Å². The Morgan fingerprint density at radius 3 is 2.46 bits per heavy atom. The van der Waals surface area contributed by atoms with E-state index in [4.69, 9.17) is 11.6 Å². The molecule has 0 amide bonds. The van der Waals surface area contributed by atoms with Crippen LogP contribution in [-0.2, 0) is 0 Å². The fourth-order valence-electron chi connectivity index (χ4n) is 1.29. The molecule has 0 aliphatic heterocycles. The molecule has 1 aromatic carbocycles. The summed E-state index contributed by atoms with van der Waals surface area (Å²) in [5, 5.41) is 0.812. The van der Waals surface area contributed by atoms with Crippen LogP contribution in [0.25, 0.3) is 0 Å². The standard InChI is InChI=1S/C10H13BrClN/c1-3-13(4-2)10-7-8(11)5-6-9(10)12/h5-7H,3-4H2,1-2H3. The van der Waals surface area contributed by atoms with Crippen molar-refractivity contribution in [1.29, 1.82) is 0 Å². The summed E-state index contributed by atoms with van der Waals surface area (Å²) >= 11 is 9.52. The van der Waals surface area contributed by atoms with E-state index in [1.54, 1.807) is 0 Å². The average Bonchev–Trinajstić information content (AvgIpc) is 2.13. The zero-order valence-electron chi connectivity index (χ0n) is 7.85. The van der Waals surface area contributed by atoms with E-state index in [0.29, 0.717) is 0 Å². The lowest BCUT2D eigenvalue weighted by Gasteiger charge is -2.22. The third kappa shape index (κ3) is 2.61. The summed E-state index contributed by atoms with van der Waals surface area (Å²) in [5.41, 5.74) is 1.10. The third-order valence-corrected chi connectivity index (χ3v) is 2.83. The summed E-state index contributed by atoms with van der Waals surface area (Å²) in [7, 11) is 0. The molecule has 0 N–H and O–H groups in total. The van der Waals surface area contributed by atoms with Crippen molar-refractivity contribution in [1.82, 2.24) is 0 Å². The number of nitrogens with zero attached hydrogens (tertiary/aromatic N) is 1. The first-order valence-corrected chi connectivity index (χ1v) is 5.56. The summed E-state index contributed by atoms with van der Waals surface area (Å²) in [6, 6.07) is 5.92. The van der Waals surface area contributed by atoms with E-state index in [0.717, 1.165) is 28.3 Å². The first kappa shape index (κ1) is 10.9.